The van der Waals surface area contributed by atoms with Crippen LogP contribution in [0.3, 0.4) is 0 Å². The summed E-state index contributed by atoms with van der Waals surface area (Å²) in [6.07, 6.45) is 1.76. The van der Waals surface area contributed by atoms with Crippen LogP contribution in [-0.2, 0) is 9.63 Å². The largest absolute Gasteiger partial charge is 0.335 e. The van der Waals surface area contributed by atoms with E-state index in [1.54, 1.807) is 6.92 Å². The Morgan fingerprint density at radius 3 is 2.42 bits per heavy atom. The Hall–Kier alpha value is -0.550. The molecular weight excluding hydrogens is 194 g/mol. The second kappa shape index (κ2) is 3.91. The Morgan fingerprint density at radius 1 is 1.50 bits per heavy atom. The fourth-order valence-corrected chi connectivity index (χ4v) is 1.38. The number of carbonyl (C=O) groups is 1. The number of thiocarbonyl (C=S) groups is 2. The lowest BCUT2D eigenvalue weighted by molar-refractivity contribution is -0.160. The molecule has 0 spiro atoms. The minimum atomic E-state index is -0.304. The monoisotopic (exact) mass is 203 g/mol. The predicted octanol–water partition coefficient (Wildman–Crippen LogP) is 1.61. The smallest absolute Gasteiger partial charge is 0.332 e. The molecule has 1 fully saturated rings. The summed E-state index contributed by atoms with van der Waals surface area (Å²) < 4.78 is 0. The van der Waals surface area contributed by atoms with Gasteiger partial charge in [0.2, 0.25) is 0 Å². The van der Waals surface area contributed by atoms with Crippen molar-refractivity contribution in [1.29, 1.82) is 0 Å². The van der Waals surface area contributed by atoms with Crippen LogP contribution in [0.15, 0.2) is 0 Å². The standard InChI is InChI=1S/C7H9NO2S2/c1-2-7(9)10-8-5(11)3-4-6(8)12/h2-4H2,1H3. The zero-order chi connectivity index (χ0) is 9.14. The van der Waals surface area contributed by atoms with E-state index in [1.807, 2.05) is 0 Å². The van der Waals surface area contributed by atoms with Crippen LogP contribution in [0.25, 0.3) is 0 Å². The average Bonchev–Trinajstić information content (AvgIpc) is 2.35. The van der Waals surface area contributed by atoms with Crippen molar-refractivity contribution in [2.75, 3.05) is 0 Å². The molecule has 0 aromatic carbocycles. The van der Waals surface area contributed by atoms with E-state index in [9.17, 15) is 4.79 Å². The molecule has 1 saturated heterocycles. The summed E-state index contributed by atoms with van der Waals surface area (Å²) in [5.74, 6) is -0.304. The molecule has 1 rings (SSSR count). The number of hydrogen-bond donors (Lipinski definition) is 0. The summed E-state index contributed by atoms with van der Waals surface area (Å²) in [5, 5.41) is 1.29. The molecule has 66 valence electrons. The highest BCUT2D eigenvalue weighted by atomic mass is 32.1. The van der Waals surface area contributed by atoms with Crippen LogP contribution in [0.1, 0.15) is 26.2 Å². The molecule has 1 heterocycles. The summed E-state index contributed by atoms with van der Waals surface area (Å²) in [7, 11) is 0. The molecule has 3 nitrogen and oxygen atoms in total. The average molecular weight is 203 g/mol. The number of hydrogen-bond acceptors (Lipinski definition) is 4. The maximum Gasteiger partial charge on any atom is 0.332 e. The van der Waals surface area contributed by atoms with Crippen LogP contribution >= 0.6 is 24.4 Å². The molecule has 0 amide bonds. The van der Waals surface area contributed by atoms with Crippen LogP contribution in [0.4, 0.5) is 0 Å². The molecule has 0 atom stereocenters. The Labute approximate surface area is 81.6 Å². The van der Waals surface area contributed by atoms with Gasteiger partial charge in [0.05, 0.1) is 0 Å². The van der Waals surface area contributed by atoms with E-state index in [1.165, 1.54) is 5.06 Å². The number of rotatable bonds is 2. The zero-order valence-electron chi connectivity index (χ0n) is 6.70. The van der Waals surface area contributed by atoms with Gasteiger partial charge in [0.25, 0.3) is 0 Å². The van der Waals surface area contributed by atoms with Gasteiger partial charge in [-0.05, 0) is 0 Å². The molecule has 0 aromatic heterocycles. The van der Waals surface area contributed by atoms with Crippen molar-refractivity contribution in [3.8, 4) is 0 Å². The van der Waals surface area contributed by atoms with Gasteiger partial charge in [-0.25, -0.2) is 4.79 Å². The second-order valence-electron chi connectivity index (χ2n) is 2.40. The Bertz CT molecular complexity index is 224. The molecule has 1 aliphatic rings. The van der Waals surface area contributed by atoms with Crippen LogP contribution in [0.2, 0.25) is 0 Å². The van der Waals surface area contributed by atoms with Crippen molar-refractivity contribution >= 4 is 40.4 Å². The first-order valence-corrected chi connectivity index (χ1v) is 4.53. The summed E-state index contributed by atoms with van der Waals surface area (Å²) in [4.78, 5) is 17.0. The second-order valence-corrected chi connectivity index (χ2v) is 3.34. The van der Waals surface area contributed by atoms with Crippen LogP contribution in [0.5, 0.6) is 0 Å². The fraction of sp³-hybridized carbons (Fsp3) is 0.571. The van der Waals surface area contributed by atoms with Gasteiger partial charge in [0.1, 0.15) is 9.98 Å². The Morgan fingerprint density at radius 2 is 2.00 bits per heavy atom. The highest BCUT2D eigenvalue weighted by Crippen LogP contribution is 2.15. The van der Waals surface area contributed by atoms with Gasteiger partial charge in [0, 0.05) is 19.3 Å². The van der Waals surface area contributed by atoms with E-state index in [0.29, 0.717) is 29.2 Å². The van der Waals surface area contributed by atoms with Gasteiger partial charge in [-0.15, -0.1) is 0 Å². The van der Waals surface area contributed by atoms with E-state index >= 15 is 0 Å². The van der Waals surface area contributed by atoms with Crippen LogP contribution < -0.4 is 0 Å². The van der Waals surface area contributed by atoms with Crippen LogP contribution in [-0.4, -0.2) is 21.0 Å². The van der Waals surface area contributed by atoms with Gasteiger partial charge < -0.3 is 4.84 Å². The van der Waals surface area contributed by atoms with Crippen LogP contribution in [0, 0.1) is 0 Å². The summed E-state index contributed by atoms with van der Waals surface area (Å²) in [5.41, 5.74) is 0. The summed E-state index contributed by atoms with van der Waals surface area (Å²) in [6, 6.07) is 0. The van der Waals surface area contributed by atoms with E-state index in [2.05, 4.69) is 0 Å². The number of hydroxylamine groups is 2. The van der Waals surface area contributed by atoms with Gasteiger partial charge in [-0.3, -0.25) is 0 Å². The van der Waals surface area contributed by atoms with Crippen molar-refractivity contribution in [2.45, 2.75) is 26.2 Å². The molecule has 0 saturated carbocycles. The van der Waals surface area contributed by atoms with E-state index in [4.69, 9.17) is 29.3 Å². The normalized spacial score (nSPS) is 16.9. The maximum atomic E-state index is 10.9. The first-order chi connectivity index (χ1) is 5.65. The highest BCUT2D eigenvalue weighted by Gasteiger charge is 2.25. The van der Waals surface area contributed by atoms with Gasteiger partial charge in [-0.1, -0.05) is 31.4 Å². The zero-order valence-corrected chi connectivity index (χ0v) is 8.33. The van der Waals surface area contributed by atoms with E-state index in [-0.39, 0.29) is 5.97 Å². The predicted molar refractivity (Wildman–Crippen MR) is 52.7 cm³/mol. The first kappa shape index (κ1) is 9.54. The van der Waals surface area contributed by atoms with Crippen molar-refractivity contribution in [1.82, 2.24) is 5.06 Å². The van der Waals surface area contributed by atoms with E-state index < -0.39 is 0 Å². The third kappa shape index (κ3) is 1.98. The third-order valence-corrected chi connectivity index (χ3v) is 2.23. The first-order valence-electron chi connectivity index (χ1n) is 3.71. The lowest BCUT2D eigenvalue weighted by atomic mass is 10.4. The lowest BCUT2D eigenvalue weighted by Gasteiger charge is -2.15. The maximum absolute atomic E-state index is 10.9. The lowest BCUT2D eigenvalue weighted by Crippen LogP contribution is -2.29. The molecule has 1 aliphatic heterocycles. The molecule has 5 heteroatoms. The summed E-state index contributed by atoms with van der Waals surface area (Å²) >= 11 is 9.89. The molecule has 0 unspecified atom stereocenters. The minimum absolute atomic E-state index is 0.304. The fourth-order valence-electron chi connectivity index (χ4n) is 0.824. The summed E-state index contributed by atoms with van der Waals surface area (Å²) in [6.45, 7) is 1.73. The number of carbonyl (C=O) groups excluding carboxylic acids is 1. The quantitative estimate of drug-likeness (QED) is 0.636. The third-order valence-electron chi connectivity index (χ3n) is 1.49. The molecule has 12 heavy (non-hydrogen) atoms. The van der Waals surface area contributed by atoms with Gasteiger partial charge >= 0.3 is 5.97 Å². The molecule has 0 aromatic rings. The van der Waals surface area contributed by atoms with Gasteiger partial charge in [-0.2, -0.15) is 5.06 Å². The molecule has 0 aliphatic carbocycles. The Kier molecular flexibility index (Phi) is 3.11. The van der Waals surface area contributed by atoms with E-state index in [0.717, 1.165) is 0 Å². The Balaban J connectivity index is 2.56. The SMILES string of the molecule is CCC(=O)ON1C(=S)CCC1=S. The van der Waals surface area contributed by atoms with Crippen molar-refractivity contribution in [3.05, 3.63) is 0 Å². The molecule has 0 bridgehead atoms. The minimum Gasteiger partial charge on any atom is -0.335 e. The highest BCUT2D eigenvalue weighted by molar-refractivity contribution is 7.82. The molecular formula is C7H9NO2S2. The topological polar surface area (TPSA) is 29.5 Å². The van der Waals surface area contributed by atoms with Crippen molar-refractivity contribution in [3.63, 3.8) is 0 Å². The van der Waals surface area contributed by atoms with Crippen molar-refractivity contribution in [2.24, 2.45) is 0 Å². The van der Waals surface area contributed by atoms with Gasteiger partial charge in [0.15, 0.2) is 0 Å². The van der Waals surface area contributed by atoms with Crippen molar-refractivity contribution < 1.29 is 9.63 Å². The number of nitrogens with zero attached hydrogens (tertiary/aromatic N) is 1. The molecule has 0 radical (unpaired) electrons. The molecule has 0 N–H and O–H groups in total.